The van der Waals surface area contributed by atoms with E-state index in [4.69, 9.17) is 4.74 Å². The summed E-state index contributed by atoms with van der Waals surface area (Å²) in [5.74, 6) is 1.74. The molecule has 36 heavy (non-hydrogen) atoms. The zero-order valence-corrected chi connectivity index (χ0v) is 20.2. The van der Waals surface area contributed by atoms with E-state index in [1.165, 1.54) is 38.6 Å². The molecule has 0 atom stereocenters. The van der Waals surface area contributed by atoms with Gasteiger partial charge in [-0.25, -0.2) is 0 Å². The molecule has 0 aliphatic carbocycles. The van der Waals surface area contributed by atoms with Gasteiger partial charge >= 0.3 is 0 Å². The van der Waals surface area contributed by atoms with E-state index in [0.717, 1.165) is 28.6 Å². The van der Waals surface area contributed by atoms with Gasteiger partial charge in [0.1, 0.15) is 0 Å². The van der Waals surface area contributed by atoms with Crippen molar-refractivity contribution in [1.82, 2.24) is 4.57 Å². The van der Waals surface area contributed by atoms with Crippen LogP contribution in [0, 0.1) is 0 Å². The quantitative estimate of drug-likeness (QED) is 0.241. The number of rotatable bonds is 1. The van der Waals surface area contributed by atoms with Crippen LogP contribution in [-0.4, -0.2) is 4.57 Å². The maximum Gasteiger partial charge on any atom is 0.151 e. The second-order valence-corrected chi connectivity index (χ2v) is 10.3. The Labute approximate surface area is 209 Å². The van der Waals surface area contributed by atoms with Crippen molar-refractivity contribution in [3.63, 3.8) is 0 Å². The van der Waals surface area contributed by atoms with E-state index in [0.29, 0.717) is 0 Å². The Morgan fingerprint density at radius 1 is 0.583 bits per heavy atom. The molecule has 2 aliphatic heterocycles. The second-order valence-electron chi connectivity index (χ2n) is 10.3. The molecule has 0 fully saturated rings. The summed E-state index contributed by atoms with van der Waals surface area (Å²) >= 11 is 0. The Bertz CT molecular complexity index is 1810. The highest BCUT2D eigenvalue weighted by atomic mass is 16.5. The highest BCUT2D eigenvalue weighted by molar-refractivity contribution is 6.13. The first-order valence-electron chi connectivity index (χ1n) is 12.5. The molecular formula is C33H24N2O. The third-order valence-electron chi connectivity index (χ3n) is 7.95. The summed E-state index contributed by atoms with van der Waals surface area (Å²) in [5, 5.41) is 2.56. The minimum Gasteiger partial charge on any atom is -0.453 e. The smallest absolute Gasteiger partial charge is 0.151 e. The summed E-state index contributed by atoms with van der Waals surface area (Å²) in [6.45, 7) is 4.68. The molecule has 1 aromatic heterocycles. The number of para-hydroxylation sites is 6. The van der Waals surface area contributed by atoms with E-state index in [9.17, 15) is 0 Å². The van der Waals surface area contributed by atoms with Crippen LogP contribution in [0.25, 0.3) is 27.5 Å². The molecule has 3 nitrogen and oxygen atoms in total. The summed E-state index contributed by atoms with van der Waals surface area (Å²) in [7, 11) is 0. The largest absolute Gasteiger partial charge is 0.453 e. The van der Waals surface area contributed by atoms with Crippen LogP contribution in [0.3, 0.4) is 0 Å². The van der Waals surface area contributed by atoms with E-state index in [2.05, 4.69) is 108 Å². The lowest BCUT2D eigenvalue weighted by atomic mass is 9.75. The van der Waals surface area contributed by atoms with E-state index in [1.807, 2.05) is 24.3 Å². The van der Waals surface area contributed by atoms with Crippen LogP contribution in [0.1, 0.15) is 25.0 Å². The molecule has 0 amide bonds. The number of anilines is 3. The molecular weight excluding hydrogens is 440 g/mol. The molecule has 5 aromatic carbocycles. The Morgan fingerprint density at radius 3 is 1.97 bits per heavy atom. The molecule has 0 bridgehead atoms. The number of nitrogens with zero attached hydrogens (tertiary/aromatic N) is 2. The van der Waals surface area contributed by atoms with Gasteiger partial charge in [0.2, 0.25) is 0 Å². The van der Waals surface area contributed by atoms with Gasteiger partial charge in [0, 0.05) is 21.9 Å². The standard InChI is InChI=1S/C33H24N2O/c1-33(2)24-11-3-4-13-27(24)35-26-19-18-21(20-23(26)22-10-9-12-25(33)32(22)35)34-28-14-5-7-16-30(28)36-31-17-8-6-15-29(31)34/h3-20H,1-2H3. The van der Waals surface area contributed by atoms with Gasteiger partial charge in [0.05, 0.1) is 28.1 Å². The van der Waals surface area contributed by atoms with Crippen molar-refractivity contribution in [2.24, 2.45) is 0 Å². The van der Waals surface area contributed by atoms with Crippen molar-refractivity contribution in [3.8, 4) is 17.2 Å². The van der Waals surface area contributed by atoms with E-state index in [1.54, 1.807) is 0 Å². The minimum absolute atomic E-state index is 0.0641. The fourth-order valence-corrected chi connectivity index (χ4v) is 6.28. The summed E-state index contributed by atoms with van der Waals surface area (Å²) in [4.78, 5) is 2.32. The zero-order chi connectivity index (χ0) is 24.0. The van der Waals surface area contributed by atoms with Gasteiger partial charge < -0.3 is 14.2 Å². The van der Waals surface area contributed by atoms with Crippen LogP contribution >= 0.6 is 0 Å². The summed E-state index contributed by atoms with van der Waals surface area (Å²) in [6.07, 6.45) is 0. The Kier molecular flexibility index (Phi) is 3.73. The van der Waals surface area contributed by atoms with Crippen LogP contribution in [0.5, 0.6) is 11.5 Å². The van der Waals surface area contributed by atoms with E-state index < -0.39 is 0 Å². The van der Waals surface area contributed by atoms with Crippen molar-refractivity contribution >= 4 is 38.9 Å². The number of ether oxygens (including phenoxy) is 1. The van der Waals surface area contributed by atoms with Crippen LogP contribution in [-0.2, 0) is 5.41 Å². The minimum atomic E-state index is -0.0641. The Balaban J connectivity index is 1.45. The predicted octanol–water partition coefficient (Wildman–Crippen LogP) is 9.00. The summed E-state index contributed by atoms with van der Waals surface area (Å²) < 4.78 is 8.71. The van der Waals surface area contributed by atoms with Crippen LogP contribution in [0.15, 0.2) is 109 Å². The average Bonchev–Trinajstić information content (AvgIpc) is 3.25. The maximum absolute atomic E-state index is 6.25. The van der Waals surface area contributed by atoms with Crippen molar-refractivity contribution in [2.75, 3.05) is 4.90 Å². The predicted molar refractivity (Wildman–Crippen MR) is 148 cm³/mol. The first-order chi connectivity index (χ1) is 17.6. The van der Waals surface area contributed by atoms with Crippen molar-refractivity contribution in [1.29, 1.82) is 0 Å². The van der Waals surface area contributed by atoms with Crippen molar-refractivity contribution in [3.05, 3.63) is 120 Å². The van der Waals surface area contributed by atoms with Gasteiger partial charge in [-0.05, 0) is 59.7 Å². The van der Waals surface area contributed by atoms with Gasteiger partial charge in [0.25, 0.3) is 0 Å². The number of hydrogen-bond acceptors (Lipinski definition) is 2. The van der Waals surface area contributed by atoms with Gasteiger partial charge in [-0.15, -0.1) is 0 Å². The molecule has 8 rings (SSSR count). The molecule has 0 spiro atoms. The number of aromatic nitrogens is 1. The molecule has 0 radical (unpaired) electrons. The van der Waals surface area contributed by atoms with Gasteiger partial charge in [0.15, 0.2) is 11.5 Å². The molecule has 0 saturated heterocycles. The highest BCUT2D eigenvalue weighted by Crippen LogP contribution is 2.52. The van der Waals surface area contributed by atoms with Crippen LogP contribution < -0.4 is 9.64 Å². The highest BCUT2D eigenvalue weighted by Gasteiger charge is 2.35. The fraction of sp³-hybridized carbons (Fsp3) is 0.0909. The third-order valence-corrected chi connectivity index (χ3v) is 7.95. The lowest BCUT2D eigenvalue weighted by Crippen LogP contribution is -2.26. The van der Waals surface area contributed by atoms with Gasteiger partial charge in [-0.3, -0.25) is 0 Å². The molecule has 0 saturated carbocycles. The summed E-state index contributed by atoms with van der Waals surface area (Å²) in [5.41, 5.74) is 9.73. The topological polar surface area (TPSA) is 17.4 Å². The SMILES string of the molecule is CC1(C)c2ccccc2-n2c3ccc(N4c5ccccc5Oc5ccccc54)cc3c3cccc1c32. The Morgan fingerprint density at radius 2 is 1.22 bits per heavy atom. The lowest BCUT2D eigenvalue weighted by molar-refractivity contribution is 0.477. The van der Waals surface area contributed by atoms with Crippen molar-refractivity contribution < 1.29 is 4.74 Å². The maximum atomic E-state index is 6.25. The van der Waals surface area contributed by atoms with Crippen LogP contribution in [0.2, 0.25) is 0 Å². The average molecular weight is 465 g/mol. The van der Waals surface area contributed by atoms with Gasteiger partial charge in [-0.2, -0.15) is 0 Å². The number of hydrogen-bond donors (Lipinski definition) is 0. The molecule has 0 N–H and O–H groups in total. The fourth-order valence-electron chi connectivity index (χ4n) is 6.28. The molecule has 6 aromatic rings. The van der Waals surface area contributed by atoms with Crippen molar-refractivity contribution in [2.45, 2.75) is 19.3 Å². The first-order valence-corrected chi connectivity index (χ1v) is 12.5. The first kappa shape index (κ1) is 19.8. The Hall–Kier alpha value is -4.50. The lowest BCUT2D eigenvalue weighted by Gasteiger charge is -2.34. The molecule has 3 heterocycles. The summed E-state index contributed by atoms with van der Waals surface area (Å²) in [6, 6.07) is 39.0. The third kappa shape index (κ3) is 2.42. The molecule has 172 valence electrons. The molecule has 2 aliphatic rings. The normalized spacial score (nSPS) is 14.8. The monoisotopic (exact) mass is 464 g/mol. The molecule has 0 unspecified atom stereocenters. The second kappa shape index (κ2) is 6.79. The zero-order valence-electron chi connectivity index (χ0n) is 20.2. The van der Waals surface area contributed by atoms with E-state index >= 15 is 0 Å². The number of fused-ring (bicyclic) bond motifs is 7. The molecule has 3 heteroatoms. The van der Waals surface area contributed by atoms with Crippen LogP contribution in [0.4, 0.5) is 17.1 Å². The number of benzene rings is 5. The van der Waals surface area contributed by atoms with Gasteiger partial charge in [-0.1, -0.05) is 74.5 Å². The van der Waals surface area contributed by atoms with E-state index in [-0.39, 0.29) is 5.41 Å².